The van der Waals surface area contributed by atoms with Crippen LogP contribution in [0.15, 0.2) is 29.2 Å². The van der Waals surface area contributed by atoms with Gasteiger partial charge in [0, 0.05) is 28.8 Å². The van der Waals surface area contributed by atoms with Crippen molar-refractivity contribution >= 4 is 23.4 Å². The molecule has 0 spiro atoms. The molecule has 1 aromatic rings. The predicted octanol–water partition coefficient (Wildman–Crippen LogP) is 2.42. The Morgan fingerprint density at radius 2 is 2.47 bits per heavy atom. The molecular formula is C11H14ClNOS. The molecule has 1 aliphatic rings. The first-order valence-electron chi connectivity index (χ1n) is 5.05. The van der Waals surface area contributed by atoms with Crippen LogP contribution in [0.25, 0.3) is 0 Å². The molecule has 0 radical (unpaired) electrons. The van der Waals surface area contributed by atoms with Crippen LogP contribution in [0.5, 0.6) is 0 Å². The van der Waals surface area contributed by atoms with Crippen LogP contribution >= 0.6 is 23.4 Å². The van der Waals surface area contributed by atoms with Gasteiger partial charge in [-0.15, -0.1) is 11.8 Å². The Balaban J connectivity index is 1.81. The van der Waals surface area contributed by atoms with Crippen LogP contribution in [0.3, 0.4) is 0 Å². The molecule has 1 saturated heterocycles. The van der Waals surface area contributed by atoms with E-state index in [0.29, 0.717) is 6.10 Å². The van der Waals surface area contributed by atoms with Crippen LogP contribution in [0.2, 0.25) is 5.02 Å². The number of rotatable bonds is 3. The summed E-state index contributed by atoms with van der Waals surface area (Å²) < 4.78 is 5.61. The maximum atomic E-state index is 5.91. The van der Waals surface area contributed by atoms with Crippen molar-refractivity contribution in [3.05, 3.63) is 29.3 Å². The zero-order chi connectivity index (χ0) is 10.5. The monoisotopic (exact) mass is 243 g/mol. The highest BCUT2D eigenvalue weighted by atomic mass is 35.5. The fourth-order valence-corrected chi connectivity index (χ4v) is 2.71. The van der Waals surface area contributed by atoms with Gasteiger partial charge in [0.1, 0.15) is 0 Å². The molecule has 0 bridgehead atoms. The number of nitrogens with one attached hydrogen (secondary N) is 1. The number of morpholine rings is 1. The van der Waals surface area contributed by atoms with Crippen molar-refractivity contribution in [2.75, 3.05) is 25.4 Å². The van der Waals surface area contributed by atoms with E-state index in [1.807, 2.05) is 18.2 Å². The molecule has 1 unspecified atom stereocenters. The average Bonchev–Trinajstić information content (AvgIpc) is 2.28. The molecule has 0 aliphatic carbocycles. The Labute approximate surface area is 99.3 Å². The minimum Gasteiger partial charge on any atom is -0.375 e. The molecule has 1 aromatic carbocycles. The molecule has 1 atom stereocenters. The molecular weight excluding hydrogens is 230 g/mol. The highest BCUT2D eigenvalue weighted by molar-refractivity contribution is 7.99. The number of ether oxygens (including phenoxy) is 1. The second-order valence-corrected chi connectivity index (χ2v) is 5.00. The Kier molecular flexibility index (Phi) is 4.32. The summed E-state index contributed by atoms with van der Waals surface area (Å²) in [6, 6.07) is 7.93. The van der Waals surface area contributed by atoms with E-state index in [2.05, 4.69) is 11.4 Å². The van der Waals surface area contributed by atoms with Gasteiger partial charge in [0.15, 0.2) is 0 Å². The van der Waals surface area contributed by atoms with Crippen LogP contribution in [-0.4, -0.2) is 31.6 Å². The van der Waals surface area contributed by atoms with Crippen molar-refractivity contribution in [2.45, 2.75) is 11.0 Å². The van der Waals surface area contributed by atoms with Gasteiger partial charge in [0.05, 0.1) is 12.7 Å². The number of hydrogen-bond donors (Lipinski definition) is 1. The second-order valence-electron chi connectivity index (χ2n) is 3.47. The molecule has 0 amide bonds. The Morgan fingerprint density at radius 3 is 3.20 bits per heavy atom. The van der Waals surface area contributed by atoms with E-state index in [-0.39, 0.29) is 0 Å². The van der Waals surface area contributed by atoms with Crippen molar-refractivity contribution in [1.82, 2.24) is 5.32 Å². The largest absolute Gasteiger partial charge is 0.375 e. The number of benzene rings is 1. The summed E-state index contributed by atoms with van der Waals surface area (Å²) in [6.45, 7) is 2.74. The van der Waals surface area contributed by atoms with E-state index in [1.165, 1.54) is 4.90 Å². The van der Waals surface area contributed by atoms with E-state index >= 15 is 0 Å². The Bertz CT molecular complexity index is 315. The van der Waals surface area contributed by atoms with Crippen LogP contribution < -0.4 is 5.32 Å². The molecule has 1 fully saturated rings. The van der Waals surface area contributed by atoms with Crippen LogP contribution in [0.1, 0.15) is 0 Å². The third-order valence-corrected chi connectivity index (χ3v) is 3.60. The Hall–Kier alpha value is -0.220. The minimum absolute atomic E-state index is 0.322. The summed E-state index contributed by atoms with van der Waals surface area (Å²) in [7, 11) is 0. The molecule has 15 heavy (non-hydrogen) atoms. The van der Waals surface area contributed by atoms with Gasteiger partial charge in [-0.05, 0) is 18.2 Å². The summed E-state index contributed by atoms with van der Waals surface area (Å²) in [6.07, 6.45) is 0.322. The van der Waals surface area contributed by atoms with Crippen molar-refractivity contribution in [2.24, 2.45) is 0 Å². The summed E-state index contributed by atoms with van der Waals surface area (Å²) >= 11 is 7.70. The second kappa shape index (κ2) is 5.75. The predicted molar refractivity (Wildman–Crippen MR) is 64.8 cm³/mol. The third kappa shape index (κ3) is 3.68. The van der Waals surface area contributed by atoms with Crippen molar-refractivity contribution in [3.63, 3.8) is 0 Å². The molecule has 0 aromatic heterocycles. The number of hydrogen-bond acceptors (Lipinski definition) is 3. The van der Waals surface area contributed by atoms with E-state index in [9.17, 15) is 0 Å². The summed E-state index contributed by atoms with van der Waals surface area (Å²) in [5.41, 5.74) is 0. The first kappa shape index (κ1) is 11.3. The SMILES string of the molecule is Clc1cccc(SCC2CNCCO2)c1. The molecule has 2 rings (SSSR count). The van der Waals surface area contributed by atoms with Gasteiger partial charge in [-0.1, -0.05) is 17.7 Å². The van der Waals surface area contributed by atoms with Gasteiger partial charge in [-0.25, -0.2) is 0 Å². The smallest absolute Gasteiger partial charge is 0.0793 e. The summed E-state index contributed by atoms with van der Waals surface area (Å²) in [5, 5.41) is 4.11. The molecule has 4 heteroatoms. The fourth-order valence-electron chi connectivity index (χ4n) is 1.47. The zero-order valence-corrected chi connectivity index (χ0v) is 9.98. The van der Waals surface area contributed by atoms with E-state index in [4.69, 9.17) is 16.3 Å². The average molecular weight is 244 g/mol. The molecule has 1 heterocycles. The lowest BCUT2D eigenvalue weighted by molar-refractivity contribution is 0.0441. The lowest BCUT2D eigenvalue weighted by atomic mass is 10.3. The van der Waals surface area contributed by atoms with Gasteiger partial charge in [0.25, 0.3) is 0 Å². The summed E-state index contributed by atoms with van der Waals surface area (Å²) in [4.78, 5) is 1.21. The standard InChI is InChI=1S/C11H14ClNOS/c12-9-2-1-3-11(6-9)15-8-10-7-13-4-5-14-10/h1-3,6,10,13H,4-5,7-8H2. The van der Waals surface area contributed by atoms with Crippen LogP contribution in [-0.2, 0) is 4.74 Å². The van der Waals surface area contributed by atoms with Crippen molar-refractivity contribution < 1.29 is 4.74 Å². The number of thioether (sulfide) groups is 1. The third-order valence-electron chi connectivity index (χ3n) is 2.24. The zero-order valence-electron chi connectivity index (χ0n) is 8.41. The van der Waals surface area contributed by atoms with Crippen molar-refractivity contribution in [1.29, 1.82) is 0 Å². The quantitative estimate of drug-likeness (QED) is 0.824. The highest BCUT2D eigenvalue weighted by Gasteiger charge is 2.13. The van der Waals surface area contributed by atoms with Gasteiger partial charge < -0.3 is 10.1 Å². The molecule has 2 nitrogen and oxygen atoms in total. The van der Waals surface area contributed by atoms with E-state index < -0.39 is 0 Å². The van der Waals surface area contributed by atoms with Crippen molar-refractivity contribution in [3.8, 4) is 0 Å². The molecule has 1 aliphatic heterocycles. The topological polar surface area (TPSA) is 21.3 Å². The molecule has 0 saturated carbocycles. The normalized spacial score (nSPS) is 21.5. The van der Waals surface area contributed by atoms with Gasteiger partial charge in [-0.2, -0.15) is 0 Å². The number of halogens is 1. The van der Waals surface area contributed by atoms with E-state index in [1.54, 1.807) is 11.8 Å². The maximum Gasteiger partial charge on any atom is 0.0793 e. The van der Waals surface area contributed by atoms with E-state index in [0.717, 1.165) is 30.5 Å². The van der Waals surface area contributed by atoms with Crippen LogP contribution in [0.4, 0.5) is 0 Å². The maximum absolute atomic E-state index is 5.91. The summed E-state index contributed by atoms with van der Waals surface area (Å²) in [5.74, 6) is 0.980. The van der Waals surface area contributed by atoms with Gasteiger partial charge in [-0.3, -0.25) is 0 Å². The lowest BCUT2D eigenvalue weighted by Crippen LogP contribution is -2.39. The van der Waals surface area contributed by atoms with Gasteiger partial charge in [0.2, 0.25) is 0 Å². The first-order chi connectivity index (χ1) is 7.34. The first-order valence-corrected chi connectivity index (χ1v) is 6.41. The Morgan fingerprint density at radius 1 is 1.53 bits per heavy atom. The van der Waals surface area contributed by atoms with Gasteiger partial charge >= 0.3 is 0 Å². The molecule has 82 valence electrons. The lowest BCUT2D eigenvalue weighted by Gasteiger charge is -2.23. The highest BCUT2D eigenvalue weighted by Crippen LogP contribution is 2.22. The van der Waals surface area contributed by atoms with Crippen LogP contribution in [0, 0.1) is 0 Å². The minimum atomic E-state index is 0.322. The molecule has 1 N–H and O–H groups in total. The fraction of sp³-hybridized carbons (Fsp3) is 0.455.